The number of hydrogen-bond donors (Lipinski definition) is 1. The number of hydrogen-bond acceptors (Lipinski definition) is 2. The zero-order valence-electron chi connectivity index (χ0n) is 25.8. The number of rotatable bonds is 11. The molecule has 0 aromatic rings. The fourth-order valence-electron chi connectivity index (χ4n) is 8.13. The third kappa shape index (κ3) is 9.85. The monoisotopic (exact) mass is 536 g/mol. The summed E-state index contributed by atoms with van der Waals surface area (Å²) >= 11 is 0. The maximum atomic E-state index is 12.9. The molecule has 4 heteroatoms. The molecule has 39 heavy (non-hydrogen) atoms. The molecule has 0 bridgehead atoms. The lowest BCUT2D eigenvalue weighted by molar-refractivity contribution is -0.127. The van der Waals surface area contributed by atoms with Crippen molar-refractivity contribution in [2.45, 2.75) is 160 Å². The summed E-state index contributed by atoms with van der Waals surface area (Å²) in [7, 11) is 2.82. The summed E-state index contributed by atoms with van der Waals surface area (Å²) in [4.78, 5) is 12.9. The minimum Gasteiger partial charge on any atom is -0.484 e. The highest BCUT2D eigenvalue weighted by molar-refractivity contribution is 6.39. The fourth-order valence-corrected chi connectivity index (χ4v) is 8.13. The Kier molecular flexibility index (Phi) is 13.8. The van der Waals surface area contributed by atoms with Crippen LogP contribution in [0.1, 0.15) is 143 Å². The van der Waals surface area contributed by atoms with Gasteiger partial charge < -0.3 is 10.1 Å². The smallest absolute Gasteiger partial charge is 0.258 e. The third-order valence-electron chi connectivity index (χ3n) is 10.9. The van der Waals surface area contributed by atoms with Gasteiger partial charge in [0, 0.05) is 5.54 Å². The highest BCUT2D eigenvalue weighted by atomic mass is 16.5. The van der Waals surface area contributed by atoms with E-state index in [0.29, 0.717) is 11.2 Å². The molecule has 0 aromatic carbocycles. The Morgan fingerprint density at radius 3 is 2.00 bits per heavy atom. The lowest BCUT2D eigenvalue weighted by Crippen LogP contribution is -2.53. The summed E-state index contributed by atoms with van der Waals surface area (Å²) in [5, 5.41) is 3.42. The van der Waals surface area contributed by atoms with Gasteiger partial charge in [-0.3, -0.25) is 4.79 Å². The van der Waals surface area contributed by atoms with Crippen molar-refractivity contribution in [1.82, 2.24) is 5.32 Å². The molecular weight excluding hydrogens is 477 g/mol. The van der Waals surface area contributed by atoms with Gasteiger partial charge in [0.1, 0.15) is 13.0 Å². The average molecular weight is 537 g/mol. The fraction of sp³-hybridized carbons (Fsp3) is 0.800. The standard InChI is InChI=1S/C35H59BNO2/c1-5-9-23-32(6-2)39-28-33(38)37-35(8-4)26-24-34(7-3,25-27-35)29-17-15-21-31(22-16-18-29)36-30-19-13-11-10-12-14-20-30/h5-6,9,23,29-31H,1,7-8,10-22,24-28H2,2-4H3,(H,37,38)/b23-9-,32-6+. The normalized spacial score (nSPS) is 31.9. The van der Waals surface area contributed by atoms with Crippen molar-refractivity contribution in [1.29, 1.82) is 0 Å². The van der Waals surface area contributed by atoms with Crippen LogP contribution in [-0.4, -0.2) is 25.3 Å². The van der Waals surface area contributed by atoms with Crippen LogP contribution in [-0.2, 0) is 9.53 Å². The van der Waals surface area contributed by atoms with Gasteiger partial charge in [-0.2, -0.15) is 0 Å². The minimum absolute atomic E-state index is 0.00439. The first-order valence-electron chi connectivity index (χ1n) is 16.7. The highest BCUT2D eigenvalue weighted by Gasteiger charge is 2.45. The molecule has 219 valence electrons. The van der Waals surface area contributed by atoms with Crippen LogP contribution in [0.3, 0.4) is 0 Å². The average Bonchev–Trinajstić information content (AvgIpc) is 2.92. The predicted molar refractivity (Wildman–Crippen MR) is 168 cm³/mol. The Labute approximate surface area is 242 Å². The summed E-state index contributed by atoms with van der Waals surface area (Å²) in [5.74, 6) is 3.32. The van der Waals surface area contributed by atoms with Crippen molar-refractivity contribution in [2.24, 2.45) is 11.3 Å². The molecule has 0 aromatic heterocycles. The van der Waals surface area contributed by atoms with Gasteiger partial charge in [0.2, 0.25) is 0 Å². The molecule has 3 nitrogen and oxygen atoms in total. The van der Waals surface area contributed by atoms with Gasteiger partial charge in [-0.15, -0.1) is 0 Å². The Hall–Kier alpha value is -1.45. The van der Waals surface area contributed by atoms with Crippen molar-refractivity contribution in [2.75, 3.05) is 6.61 Å². The number of carbonyl (C=O) groups excluding carboxylic acids is 1. The van der Waals surface area contributed by atoms with E-state index in [1.54, 1.807) is 6.08 Å². The SMILES string of the molecule is C=C/C=C\C(=C/C)OCC(=O)NC1(CC)CCC(CC)(C2CCCC([B]C3CCCCCCC3)CCC2)CC1. The van der Waals surface area contributed by atoms with E-state index in [0.717, 1.165) is 36.8 Å². The maximum absolute atomic E-state index is 12.9. The second-order valence-corrected chi connectivity index (χ2v) is 13.1. The second-order valence-electron chi connectivity index (χ2n) is 13.1. The predicted octanol–water partition coefficient (Wildman–Crippen LogP) is 9.88. The van der Waals surface area contributed by atoms with E-state index in [2.05, 4.69) is 33.0 Å². The van der Waals surface area contributed by atoms with E-state index < -0.39 is 0 Å². The molecule has 0 saturated heterocycles. The topological polar surface area (TPSA) is 38.3 Å². The second kappa shape index (κ2) is 16.7. The van der Waals surface area contributed by atoms with Crippen LogP contribution in [0.5, 0.6) is 0 Å². The number of carbonyl (C=O) groups is 1. The number of amides is 1. The molecule has 0 heterocycles. The van der Waals surface area contributed by atoms with Crippen molar-refractivity contribution in [3.05, 3.63) is 36.6 Å². The zero-order valence-corrected chi connectivity index (χ0v) is 25.8. The quantitative estimate of drug-likeness (QED) is 0.162. The van der Waals surface area contributed by atoms with E-state index in [9.17, 15) is 4.79 Å². The number of nitrogens with one attached hydrogen (secondary N) is 1. The van der Waals surface area contributed by atoms with Crippen molar-refractivity contribution in [3.63, 3.8) is 0 Å². The summed E-state index contributed by atoms with van der Waals surface area (Å²) in [6.07, 6.45) is 32.9. The van der Waals surface area contributed by atoms with Gasteiger partial charge in [0.05, 0.1) is 0 Å². The highest BCUT2D eigenvalue weighted by Crippen LogP contribution is 2.53. The molecule has 3 rings (SSSR count). The molecule has 1 N–H and O–H groups in total. The molecule has 3 aliphatic rings. The van der Waals surface area contributed by atoms with Crippen LogP contribution < -0.4 is 5.32 Å². The van der Waals surface area contributed by atoms with E-state index in [1.807, 2.05) is 25.2 Å². The Bertz CT molecular complexity index is 776. The molecule has 0 unspecified atom stereocenters. The summed E-state index contributed by atoms with van der Waals surface area (Å²) in [6, 6.07) is 0. The molecule has 0 atom stereocenters. The van der Waals surface area contributed by atoms with Gasteiger partial charge >= 0.3 is 0 Å². The minimum atomic E-state index is -0.0780. The Balaban J connectivity index is 1.49. The lowest BCUT2D eigenvalue weighted by atomic mass is 9.49. The van der Waals surface area contributed by atoms with E-state index >= 15 is 0 Å². The first-order chi connectivity index (χ1) is 19.0. The van der Waals surface area contributed by atoms with Gasteiger partial charge in [0.25, 0.3) is 5.91 Å². The van der Waals surface area contributed by atoms with Crippen LogP contribution in [0.4, 0.5) is 0 Å². The van der Waals surface area contributed by atoms with Crippen LogP contribution in [0.15, 0.2) is 36.6 Å². The van der Waals surface area contributed by atoms with Gasteiger partial charge in [0.15, 0.2) is 6.61 Å². The molecule has 3 aliphatic carbocycles. The van der Waals surface area contributed by atoms with Gasteiger partial charge in [-0.1, -0.05) is 121 Å². The van der Waals surface area contributed by atoms with Crippen LogP contribution in [0, 0.1) is 11.3 Å². The van der Waals surface area contributed by atoms with Gasteiger partial charge in [-0.05, 0) is 75.4 Å². The molecule has 0 spiro atoms. The first kappa shape index (κ1) is 32.1. The molecular formula is C35H59BNO2. The summed E-state index contributed by atoms with van der Waals surface area (Å²) in [5.41, 5.74) is 0.384. The Morgan fingerprint density at radius 1 is 0.872 bits per heavy atom. The van der Waals surface area contributed by atoms with E-state index in [-0.39, 0.29) is 18.1 Å². The summed E-state index contributed by atoms with van der Waals surface area (Å²) < 4.78 is 5.75. The third-order valence-corrected chi connectivity index (χ3v) is 10.9. The van der Waals surface area contributed by atoms with Crippen LogP contribution in [0.2, 0.25) is 11.6 Å². The lowest BCUT2D eigenvalue weighted by Gasteiger charge is -2.51. The molecule has 1 radical (unpaired) electrons. The molecule has 0 aliphatic heterocycles. The van der Waals surface area contributed by atoms with Crippen molar-refractivity contribution in [3.8, 4) is 0 Å². The Morgan fingerprint density at radius 2 is 1.46 bits per heavy atom. The van der Waals surface area contributed by atoms with Crippen LogP contribution >= 0.6 is 0 Å². The van der Waals surface area contributed by atoms with Crippen LogP contribution in [0.25, 0.3) is 0 Å². The van der Waals surface area contributed by atoms with Gasteiger partial charge in [-0.25, -0.2) is 0 Å². The first-order valence-corrected chi connectivity index (χ1v) is 16.7. The number of ether oxygens (including phenoxy) is 1. The molecule has 3 saturated carbocycles. The molecule has 3 fully saturated rings. The largest absolute Gasteiger partial charge is 0.484 e. The van der Waals surface area contributed by atoms with Crippen molar-refractivity contribution >= 4 is 13.2 Å². The summed E-state index contributed by atoms with van der Waals surface area (Å²) in [6.45, 7) is 10.4. The number of allylic oxidation sites excluding steroid dienone is 4. The molecule has 1 amide bonds. The van der Waals surface area contributed by atoms with Crippen molar-refractivity contribution < 1.29 is 9.53 Å². The zero-order chi connectivity index (χ0) is 28.0. The van der Waals surface area contributed by atoms with E-state index in [1.165, 1.54) is 103 Å². The maximum Gasteiger partial charge on any atom is 0.258 e. The van der Waals surface area contributed by atoms with E-state index in [4.69, 9.17) is 4.74 Å².